The van der Waals surface area contributed by atoms with Gasteiger partial charge >= 0.3 is 18.2 Å². The molecular weight excluding hydrogens is 1030 g/mol. The van der Waals surface area contributed by atoms with Crippen molar-refractivity contribution in [1.82, 2.24) is 20.9 Å². The molecule has 0 spiro atoms. The van der Waals surface area contributed by atoms with E-state index >= 15 is 0 Å². The van der Waals surface area contributed by atoms with Gasteiger partial charge < -0.3 is 65.6 Å². The van der Waals surface area contributed by atoms with Crippen LogP contribution in [0.15, 0.2) is 60.2 Å². The molecule has 2 heterocycles. The van der Waals surface area contributed by atoms with E-state index in [1.165, 1.54) is 38.0 Å². The zero-order chi connectivity index (χ0) is 58.0. The fourth-order valence-electron chi connectivity index (χ4n) is 9.63. The summed E-state index contributed by atoms with van der Waals surface area (Å²) >= 11 is 6.78. The number of nitrogens with two attached hydrogens (primary N) is 1. The van der Waals surface area contributed by atoms with Crippen LogP contribution >= 0.6 is 11.6 Å². The van der Waals surface area contributed by atoms with E-state index in [-0.39, 0.29) is 61.6 Å². The van der Waals surface area contributed by atoms with E-state index in [1.807, 2.05) is 13.0 Å². The molecule has 0 aromatic heterocycles. The molecule has 1 saturated heterocycles. The number of hydrogen-bond donors (Lipinski definition) is 6. The number of benzene rings is 2. The number of methoxy groups -OCH3 is 2. The fraction of sp³-hybridized carbons (Fsp3) is 0.571. The van der Waals surface area contributed by atoms with Crippen LogP contribution in [0, 0.1) is 23.7 Å². The zero-order valence-corrected chi connectivity index (χ0v) is 47.5. The molecule has 4 bridgehead atoms. The summed E-state index contributed by atoms with van der Waals surface area (Å²) < 4.78 is 28.3. The predicted octanol–water partition coefficient (Wildman–Crippen LogP) is 6.11. The molecule has 1 fully saturated rings. The van der Waals surface area contributed by atoms with E-state index in [4.69, 9.17) is 41.0 Å². The number of alkyl carbamates (subject to hydrolysis) is 1. The lowest BCUT2D eigenvalue weighted by Gasteiger charge is -2.47. The Morgan fingerprint density at radius 2 is 1.67 bits per heavy atom. The minimum absolute atomic E-state index is 0.0349. The summed E-state index contributed by atoms with van der Waals surface area (Å²) in [6.07, 6.45) is 1.11. The van der Waals surface area contributed by atoms with Gasteiger partial charge in [-0.2, -0.15) is 0 Å². The van der Waals surface area contributed by atoms with Gasteiger partial charge in [0, 0.05) is 58.6 Å². The molecule has 10 atom stereocenters. The number of nitrogens with zero attached hydrogens (tertiary/aromatic N) is 2. The molecule has 2 aliphatic rings. The lowest BCUT2D eigenvalue weighted by molar-refractivity contribution is -0.182. The quantitative estimate of drug-likeness (QED) is 0.0526. The van der Waals surface area contributed by atoms with Gasteiger partial charge in [0.2, 0.25) is 29.5 Å². The van der Waals surface area contributed by atoms with Crippen LogP contribution < -0.4 is 36.6 Å². The zero-order valence-electron chi connectivity index (χ0n) is 46.7. The van der Waals surface area contributed by atoms with Crippen molar-refractivity contribution in [2.75, 3.05) is 45.1 Å². The van der Waals surface area contributed by atoms with Gasteiger partial charge in [-0.15, -0.1) is 0 Å². The van der Waals surface area contributed by atoms with Crippen LogP contribution in [-0.2, 0) is 60.7 Å². The van der Waals surface area contributed by atoms with E-state index in [9.17, 15) is 43.5 Å². The Kier molecular flexibility index (Phi) is 24.9. The number of esters is 1. The summed E-state index contributed by atoms with van der Waals surface area (Å²) in [5.74, 6) is -4.74. The Morgan fingerprint density at radius 1 is 0.974 bits per heavy atom. The number of aliphatic hydroxyl groups is 1. The first-order valence-electron chi connectivity index (χ1n) is 26.4. The van der Waals surface area contributed by atoms with Gasteiger partial charge in [-0.05, 0) is 86.3 Å². The minimum Gasteiger partial charge on any atom is -0.495 e. The van der Waals surface area contributed by atoms with E-state index < -0.39 is 96.2 Å². The van der Waals surface area contributed by atoms with E-state index in [1.54, 1.807) is 90.2 Å². The average Bonchev–Trinajstić information content (AvgIpc) is 3.45. The molecular formula is C56H80ClN7O14. The number of likely N-dealkylation sites (N-methyl/N-ethyl adjacent to an activating group) is 1. The number of rotatable bonds is 19. The third-order valence-corrected chi connectivity index (χ3v) is 14.7. The van der Waals surface area contributed by atoms with E-state index in [2.05, 4.69) is 21.3 Å². The first-order valence-corrected chi connectivity index (χ1v) is 26.8. The van der Waals surface area contributed by atoms with Crippen LogP contribution in [0.1, 0.15) is 105 Å². The predicted molar refractivity (Wildman–Crippen MR) is 293 cm³/mol. The number of ether oxygens (including phenoxy) is 5. The molecule has 2 aromatic carbocycles. The van der Waals surface area contributed by atoms with Crippen molar-refractivity contribution in [3.05, 3.63) is 76.3 Å². The number of primary amides is 1. The minimum atomic E-state index is -1.21. The molecule has 0 aliphatic carbocycles. The topological polar surface area (TPSA) is 284 Å². The second-order valence-electron chi connectivity index (χ2n) is 20.4. The number of fused-ring (bicyclic) bond motifs is 4. The SMILES string of the molecule is CCC(=O)NC(C(=O)N[C@@H](C)C(=O)Nc1ccc(COC(=O)NCCCCCC(=O)N(C)[C@@H]2C(=O)O[C@H]3CC(=O)N(C)c4cc(cc(OC)c4Cl)C/C(C)=C/C=C/[C@@H](OC)[C@@H](O)CC(OC(N)=O)[C@@H](C)C2C3C)cc1)C(C)C. The van der Waals surface area contributed by atoms with Gasteiger partial charge in [0.25, 0.3) is 0 Å². The van der Waals surface area contributed by atoms with Crippen LogP contribution in [0.5, 0.6) is 5.75 Å². The summed E-state index contributed by atoms with van der Waals surface area (Å²) in [5, 5.41) is 22.5. The van der Waals surface area contributed by atoms with Crippen molar-refractivity contribution in [3.63, 3.8) is 0 Å². The van der Waals surface area contributed by atoms with E-state index in [0.29, 0.717) is 48.4 Å². The molecule has 2 aromatic rings. The van der Waals surface area contributed by atoms with Gasteiger partial charge in [-0.1, -0.05) is 88.6 Å². The maximum absolute atomic E-state index is 14.3. The molecule has 78 heavy (non-hydrogen) atoms. The Morgan fingerprint density at radius 3 is 2.29 bits per heavy atom. The van der Waals surface area contributed by atoms with Crippen LogP contribution in [0.4, 0.5) is 21.0 Å². The first-order chi connectivity index (χ1) is 36.9. The number of allylic oxidation sites excluding steroid dienone is 3. The number of amides is 7. The molecule has 4 unspecified atom stereocenters. The Bertz CT molecular complexity index is 2490. The first kappa shape index (κ1) is 63.8. The highest BCUT2D eigenvalue weighted by Crippen LogP contribution is 2.42. The van der Waals surface area contributed by atoms with Gasteiger partial charge in [-0.25, -0.2) is 14.4 Å². The summed E-state index contributed by atoms with van der Waals surface area (Å²) in [7, 11) is 5.98. The number of carbonyl (C=O) groups excluding carboxylic acids is 8. The van der Waals surface area contributed by atoms with Crippen LogP contribution in [-0.4, -0.2) is 135 Å². The number of aliphatic hydroxyl groups excluding tert-OH is 1. The van der Waals surface area contributed by atoms with Crippen molar-refractivity contribution in [1.29, 1.82) is 0 Å². The second-order valence-corrected chi connectivity index (χ2v) is 20.8. The second kappa shape index (κ2) is 30.4. The highest BCUT2D eigenvalue weighted by atomic mass is 35.5. The Hall–Kier alpha value is -6.71. The number of carbonyl (C=O) groups is 8. The summed E-state index contributed by atoms with van der Waals surface area (Å²) in [6.45, 7) is 12.5. The Labute approximate surface area is 462 Å². The summed E-state index contributed by atoms with van der Waals surface area (Å²) in [5.41, 5.74) is 8.82. The molecule has 21 nitrogen and oxygen atoms in total. The summed E-state index contributed by atoms with van der Waals surface area (Å²) in [6, 6.07) is 7.32. The maximum atomic E-state index is 14.3. The number of nitrogens with one attached hydrogen (secondary N) is 4. The van der Waals surface area contributed by atoms with Crippen molar-refractivity contribution in [3.8, 4) is 5.75 Å². The molecule has 4 rings (SSSR count). The van der Waals surface area contributed by atoms with Gasteiger partial charge in [0.05, 0.1) is 25.3 Å². The molecule has 0 radical (unpaired) electrons. The lowest BCUT2D eigenvalue weighted by Crippen LogP contribution is -2.60. The monoisotopic (exact) mass is 1110 g/mol. The molecule has 7 N–H and O–H groups in total. The lowest BCUT2D eigenvalue weighted by atomic mass is 9.70. The van der Waals surface area contributed by atoms with Gasteiger partial charge in [0.15, 0.2) is 0 Å². The summed E-state index contributed by atoms with van der Waals surface area (Å²) in [4.78, 5) is 108. The fourth-order valence-corrected chi connectivity index (χ4v) is 9.95. The van der Waals surface area contributed by atoms with Crippen LogP contribution in [0.25, 0.3) is 0 Å². The highest BCUT2D eigenvalue weighted by molar-refractivity contribution is 6.35. The maximum Gasteiger partial charge on any atom is 0.407 e. The van der Waals surface area contributed by atoms with Gasteiger partial charge in [-0.3, -0.25) is 24.0 Å². The standard InChI is InChI=1S/C56H80ClN7O14/c1-12-45(66)62-50(31(2)3)53(70)60-35(7)52(69)61-38-22-20-36(21-23-38)30-76-56(73)59-24-15-13-14-19-46(67)64(9)51-48-33(5)42(78-55(58)72)28-40(65)41(74-10)18-16-17-32(4)25-37-26-39(49(57)44(27-37)75-11)63(8)47(68)29-43(34(48)6)77-54(51)71/h16-18,20-23,26-27,31,33-35,40-43,48,50-51,65H,12-15,19,24-25,28-30H2,1-11H3,(H2,58,72)(H,59,73)(H,60,70)(H,61,69)(H,62,66)/b18-16+,32-17+/t33-,34?,35+,40+,41-,42?,43+,48?,50?,51+/m1/s1. The molecule has 0 saturated carbocycles. The average molecular weight is 1110 g/mol. The number of anilines is 2. The van der Waals surface area contributed by atoms with Crippen LogP contribution in [0.2, 0.25) is 5.02 Å². The largest absolute Gasteiger partial charge is 0.495 e. The number of hydrogen-bond acceptors (Lipinski definition) is 14. The molecule has 430 valence electrons. The van der Waals surface area contributed by atoms with Crippen molar-refractivity contribution in [2.45, 2.75) is 149 Å². The number of unbranched alkanes of at least 4 members (excludes halogenated alkanes) is 2. The molecule has 2 aliphatic heterocycles. The normalized spacial score (nSPS) is 23.8. The highest BCUT2D eigenvalue weighted by Gasteiger charge is 2.52. The van der Waals surface area contributed by atoms with Crippen molar-refractivity contribution >= 4 is 70.7 Å². The van der Waals surface area contributed by atoms with Gasteiger partial charge in [0.1, 0.15) is 53.8 Å². The molecule has 7 amide bonds. The van der Waals surface area contributed by atoms with Crippen LogP contribution in [0.3, 0.4) is 0 Å². The Balaban J connectivity index is 1.38. The number of halogens is 1. The third kappa shape index (κ3) is 18.2. The van der Waals surface area contributed by atoms with Crippen molar-refractivity contribution < 1.29 is 67.1 Å². The van der Waals surface area contributed by atoms with Crippen molar-refractivity contribution in [2.24, 2.45) is 29.4 Å². The van der Waals surface area contributed by atoms with E-state index in [0.717, 1.165) is 11.1 Å². The molecule has 22 heteroatoms. The third-order valence-electron chi connectivity index (χ3n) is 14.3. The smallest absolute Gasteiger partial charge is 0.407 e.